The van der Waals surface area contributed by atoms with E-state index >= 15 is 0 Å². The first-order chi connectivity index (χ1) is 16.3. The van der Waals surface area contributed by atoms with E-state index in [1.54, 1.807) is 25.3 Å². The van der Waals surface area contributed by atoms with Gasteiger partial charge in [0.25, 0.3) is 10.0 Å². The lowest BCUT2D eigenvalue weighted by Gasteiger charge is -2.37. The summed E-state index contributed by atoms with van der Waals surface area (Å²) in [6.07, 6.45) is -0.913. The van der Waals surface area contributed by atoms with Crippen LogP contribution in [0.3, 0.4) is 0 Å². The summed E-state index contributed by atoms with van der Waals surface area (Å²) in [5, 5.41) is 12.6. The number of ether oxygens (including phenoxy) is 3. The molecule has 0 saturated carbocycles. The number of carbonyl (C=O) groups excluding carboxylic acids is 1. The summed E-state index contributed by atoms with van der Waals surface area (Å²) in [6, 6.07) is 9.48. The first-order valence-corrected chi connectivity index (χ1v) is 12.4. The Morgan fingerprint density at radius 3 is 2.71 bits per heavy atom. The summed E-state index contributed by atoms with van der Waals surface area (Å²) in [5.41, 5.74) is 1.10. The van der Waals surface area contributed by atoms with E-state index in [1.807, 2.05) is 0 Å². The second-order valence-electron chi connectivity index (χ2n) is 8.26. The van der Waals surface area contributed by atoms with E-state index in [1.165, 1.54) is 12.1 Å². The third kappa shape index (κ3) is 5.33. The Labute approximate surface area is 197 Å². The monoisotopic (exact) mass is 494 g/mol. The summed E-state index contributed by atoms with van der Waals surface area (Å²) in [5.74, 6) is -0.323. The number of rotatable bonds is 9. The first kappa shape index (κ1) is 24.4. The van der Waals surface area contributed by atoms with Gasteiger partial charge in [-0.1, -0.05) is 0 Å². The first-order valence-electron chi connectivity index (χ1n) is 10.9. The molecule has 4 rings (SSSR count). The molecule has 9 nitrogen and oxygen atoms in total. The zero-order chi connectivity index (χ0) is 24.3. The molecule has 1 fully saturated rings. The maximum atomic E-state index is 13.2. The van der Waals surface area contributed by atoms with Gasteiger partial charge in [0, 0.05) is 30.8 Å². The van der Waals surface area contributed by atoms with Crippen molar-refractivity contribution in [3.63, 3.8) is 0 Å². The highest BCUT2D eigenvalue weighted by Gasteiger charge is 2.46. The SMILES string of the molecule is COCCNC(=O)C[C@@H]1C[C@@H]2c3cc(NS(=O)(=O)c4ccc(F)cc4)ccc3O[C@@H]2[C@H](CO)O1. The van der Waals surface area contributed by atoms with Gasteiger partial charge in [-0.2, -0.15) is 0 Å². The van der Waals surface area contributed by atoms with Crippen LogP contribution in [-0.4, -0.2) is 64.6 Å². The van der Waals surface area contributed by atoms with Gasteiger partial charge < -0.3 is 24.6 Å². The third-order valence-electron chi connectivity index (χ3n) is 5.92. The van der Waals surface area contributed by atoms with E-state index in [0.29, 0.717) is 31.0 Å². The van der Waals surface area contributed by atoms with Gasteiger partial charge in [0.2, 0.25) is 5.91 Å². The maximum Gasteiger partial charge on any atom is 0.261 e. The predicted molar refractivity (Wildman–Crippen MR) is 121 cm³/mol. The van der Waals surface area contributed by atoms with Gasteiger partial charge >= 0.3 is 0 Å². The Morgan fingerprint density at radius 2 is 2.00 bits per heavy atom. The Morgan fingerprint density at radius 1 is 1.24 bits per heavy atom. The van der Waals surface area contributed by atoms with E-state index in [9.17, 15) is 22.7 Å². The van der Waals surface area contributed by atoms with Crippen molar-refractivity contribution in [3.05, 3.63) is 53.8 Å². The number of carbonyl (C=O) groups is 1. The molecule has 2 aromatic carbocycles. The molecule has 11 heteroatoms. The van der Waals surface area contributed by atoms with Gasteiger partial charge in [-0.15, -0.1) is 0 Å². The highest BCUT2D eigenvalue weighted by atomic mass is 32.2. The summed E-state index contributed by atoms with van der Waals surface area (Å²) in [6.45, 7) is 0.515. The number of nitrogens with one attached hydrogen (secondary N) is 2. The van der Waals surface area contributed by atoms with E-state index in [-0.39, 0.29) is 29.7 Å². The normalized spacial score (nSPS) is 23.5. The number of methoxy groups -OCH3 is 1. The van der Waals surface area contributed by atoms with Crippen molar-refractivity contribution in [2.45, 2.75) is 42.0 Å². The number of amides is 1. The van der Waals surface area contributed by atoms with Gasteiger partial charge in [-0.05, 0) is 48.9 Å². The second kappa shape index (κ2) is 10.3. The minimum atomic E-state index is -3.92. The van der Waals surface area contributed by atoms with Crippen LogP contribution in [0.5, 0.6) is 5.75 Å². The largest absolute Gasteiger partial charge is 0.487 e. The lowest BCUT2D eigenvalue weighted by molar-refractivity contribution is -0.142. The van der Waals surface area contributed by atoms with E-state index in [2.05, 4.69) is 10.0 Å². The Hall–Kier alpha value is -2.73. The van der Waals surface area contributed by atoms with Crippen molar-refractivity contribution >= 4 is 21.6 Å². The Balaban J connectivity index is 1.51. The number of fused-ring (bicyclic) bond motifs is 3. The van der Waals surface area contributed by atoms with Crippen molar-refractivity contribution in [1.82, 2.24) is 5.32 Å². The average molecular weight is 495 g/mol. The molecule has 1 saturated heterocycles. The van der Waals surface area contributed by atoms with Gasteiger partial charge in [-0.25, -0.2) is 12.8 Å². The number of aliphatic hydroxyl groups is 1. The lowest BCUT2D eigenvalue weighted by Crippen LogP contribution is -2.47. The molecule has 4 atom stereocenters. The highest BCUT2D eigenvalue weighted by molar-refractivity contribution is 7.92. The molecule has 1 amide bonds. The average Bonchev–Trinajstić information content (AvgIpc) is 3.17. The van der Waals surface area contributed by atoms with Crippen molar-refractivity contribution in [2.24, 2.45) is 0 Å². The zero-order valence-corrected chi connectivity index (χ0v) is 19.4. The van der Waals surface area contributed by atoms with Gasteiger partial charge in [0.05, 0.1) is 30.6 Å². The number of aliphatic hydroxyl groups excluding tert-OH is 1. The molecule has 3 N–H and O–H groups in total. The number of sulfonamides is 1. The van der Waals surface area contributed by atoms with Gasteiger partial charge in [0.1, 0.15) is 23.8 Å². The van der Waals surface area contributed by atoms with E-state index in [4.69, 9.17) is 14.2 Å². The standard InChI is InChI=1S/C23H27FN2O7S/c1-31-9-8-25-22(28)12-16-11-19-18-10-15(4-7-20(18)33-23(19)21(13-27)32-16)26-34(29,30)17-5-2-14(24)3-6-17/h2-7,10,16,19,21,23,26-27H,8-9,11-13H2,1H3,(H,25,28)/t16-,19+,21-,23-/m0/s1. The van der Waals surface area contributed by atoms with Crippen molar-refractivity contribution < 1.29 is 36.9 Å². The fourth-order valence-electron chi connectivity index (χ4n) is 4.35. The van der Waals surface area contributed by atoms with Crippen LogP contribution in [0.15, 0.2) is 47.4 Å². The number of halogens is 1. The summed E-state index contributed by atoms with van der Waals surface area (Å²) in [4.78, 5) is 12.2. The predicted octanol–water partition coefficient (Wildman–Crippen LogP) is 1.77. The molecule has 0 radical (unpaired) electrons. The number of anilines is 1. The van der Waals surface area contributed by atoms with Crippen LogP contribution < -0.4 is 14.8 Å². The van der Waals surface area contributed by atoms with Crippen LogP contribution in [0.4, 0.5) is 10.1 Å². The zero-order valence-electron chi connectivity index (χ0n) is 18.6. The maximum absolute atomic E-state index is 13.2. The van der Waals surface area contributed by atoms with Gasteiger partial charge in [-0.3, -0.25) is 9.52 Å². The van der Waals surface area contributed by atoms with Crippen molar-refractivity contribution in [3.8, 4) is 5.75 Å². The van der Waals surface area contributed by atoms with Gasteiger partial charge in [0.15, 0.2) is 0 Å². The van der Waals surface area contributed by atoms with Crippen LogP contribution >= 0.6 is 0 Å². The van der Waals surface area contributed by atoms with Crippen LogP contribution in [0.25, 0.3) is 0 Å². The molecule has 2 aromatic rings. The molecule has 0 unspecified atom stereocenters. The van der Waals surface area contributed by atoms with E-state index < -0.39 is 34.2 Å². The Bertz CT molecular complexity index is 1130. The molecule has 34 heavy (non-hydrogen) atoms. The van der Waals surface area contributed by atoms with E-state index in [0.717, 1.165) is 17.7 Å². The lowest BCUT2D eigenvalue weighted by atomic mass is 9.84. The Kier molecular flexibility index (Phi) is 7.36. The van der Waals surface area contributed by atoms with Crippen LogP contribution in [0.1, 0.15) is 24.3 Å². The fraction of sp³-hybridized carbons (Fsp3) is 0.435. The molecule has 2 heterocycles. The number of hydrogen-bond donors (Lipinski definition) is 3. The molecule has 184 valence electrons. The summed E-state index contributed by atoms with van der Waals surface area (Å²) < 4.78 is 58.0. The molecule has 2 aliphatic rings. The molecule has 0 aromatic heterocycles. The minimum Gasteiger partial charge on any atom is -0.487 e. The summed E-state index contributed by atoms with van der Waals surface area (Å²) >= 11 is 0. The molecule has 2 aliphatic heterocycles. The third-order valence-corrected chi connectivity index (χ3v) is 7.31. The van der Waals surface area contributed by atoms with Crippen molar-refractivity contribution in [1.29, 1.82) is 0 Å². The fourth-order valence-corrected chi connectivity index (χ4v) is 5.40. The smallest absolute Gasteiger partial charge is 0.261 e. The van der Waals surface area contributed by atoms with Crippen LogP contribution in [-0.2, 0) is 24.3 Å². The molecule has 0 aliphatic carbocycles. The molecule has 0 spiro atoms. The van der Waals surface area contributed by atoms with Crippen LogP contribution in [0.2, 0.25) is 0 Å². The molecular weight excluding hydrogens is 467 g/mol. The molecule has 0 bridgehead atoms. The minimum absolute atomic E-state index is 0.0607. The topological polar surface area (TPSA) is 123 Å². The second-order valence-corrected chi connectivity index (χ2v) is 9.95. The van der Waals surface area contributed by atoms with Crippen LogP contribution in [0, 0.1) is 5.82 Å². The highest BCUT2D eigenvalue weighted by Crippen LogP contribution is 2.47. The number of benzene rings is 2. The van der Waals surface area contributed by atoms with Crippen molar-refractivity contribution in [2.75, 3.05) is 31.6 Å². The summed E-state index contributed by atoms with van der Waals surface area (Å²) in [7, 11) is -2.37. The quantitative estimate of drug-likeness (QED) is 0.454. The molecular formula is C23H27FN2O7S. The number of hydrogen-bond acceptors (Lipinski definition) is 7.